The Morgan fingerprint density at radius 1 is 1.21 bits per heavy atom. The fourth-order valence-corrected chi connectivity index (χ4v) is 7.11. The van der Waals surface area contributed by atoms with Gasteiger partial charge in [-0.25, -0.2) is 8.42 Å². The lowest BCUT2D eigenvalue weighted by Crippen LogP contribution is -2.57. The minimum atomic E-state index is -4.73. The van der Waals surface area contributed by atoms with Gasteiger partial charge in [-0.2, -0.15) is 18.3 Å². The zero-order valence-electron chi connectivity index (χ0n) is 19.0. The molecule has 2 unspecified atom stereocenters. The summed E-state index contributed by atoms with van der Waals surface area (Å²) < 4.78 is 68.3. The van der Waals surface area contributed by atoms with E-state index in [1.54, 1.807) is 13.0 Å². The molecule has 2 atom stereocenters. The van der Waals surface area contributed by atoms with Crippen molar-refractivity contribution in [2.24, 2.45) is 10.2 Å². The van der Waals surface area contributed by atoms with E-state index >= 15 is 0 Å². The summed E-state index contributed by atoms with van der Waals surface area (Å²) in [6.07, 6.45) is -3.18. The quantitative estimate of drug-likeness (QED) is 0.660. The van der Waals surface area contributed by atoms with Crippen LogP contribution in [-0.4, -0.2) is 37.3 Å². The number of carbonyl (C=O) groups is 1. The molecule has 0 saturated heterocycles. The van der Waals surface area contributed by atoms with Gasteiger partial charge in [0, 0.05) is 23.2 Å². The van der Waals surface area contributed by atoms with Crippen LogP contribution in [0.15, 0.2) is 62.1 Å². The number of rotatable bonds is 4. The standard InChI is InChI=1S/C23H25F3N4O3S/c1-4-22(12-6-5-7-14(10-12)34(32,33)13-8-9-13)16-15(11-21(2,3)28-20(16)31)27-19-17(22)18(29-30-19)23(24,25)26/h5-7,10,13,18,27H,4,8-9,11H2,1-3H3,(H,28,31). The van der Waals surface area contributed by atoms with Gasteiger partial charge in [0.15, 0.2) is 21.7 Å². The number of dihydropyridines is 1. The van der Waals surface area contributed by atoms with Gasteiger partial charge in [0.2, 0.25) is 0 Å². The molecule has 0 radical (unpaired) electrons. The van der Waals surface area contributed by atoms with Crippen LogP contribution in [0, 0.1) is 0 Å². The summed E-state index contributed by atoms with van der Waals surface area (Å²) in [5.41, 5.74) is -1.39. The van der Waals surface area contributed by atoms with Gasteiger partial charge >= 0.3 is 6.18 Å². The molecule has 5 rings (SSSR count). The number of nitrogens with zero attached hydrogens (tertiary/aromatic N) is 2. The molecular weight excluding hydrogens is 469 g/mol. The van der Waals surface area contributed by atoms with Crippen LogP contribution in [-0.2, 0) is 20.0 Å². The second-order valence-electron chi connectivity index (χ2n) is 9.95. The van der Waals surface area contributed by atoms with Crippen LogP contribution in [0.2, 0.25) is 0 Å². The number of azo groups is 1. The van der Waals surface area contributed by atoms with Crippen molar-refractivity contribution in [2.75, 3.05) is 0 Å². The summed E-state index contributed by atoms with van der Waals surface area (Å²) in [4.78, 5) is 13.5. The molecule has 4 aliphatic rings. The van der Waals surface area contributed by atoms with Crippen LogP contribution in [0.1, 0.15) is 52.0 Å². The Morgan fingerprint density at radius 3 is 2.53 bits per heavy atom. The predicted molar refractivity (Wildman–Crippen MR) is 117 cm³/mol. The largest absolute Gasteiger partial charge is 0.416 e. The molecule has 11 heteroatoms. The van der Waals surface area contributed by atoms with Crippen molar-refractivity contribution < 1.29 is 26.4 Å². The number of amides is 1. The number of hydrogen-bond donors (Lipinski definition) is 2. The van der Waals surface area contributed by atoms with E-state index in [4.69, 9.17) is 0 Å². The van der Waals surface area contributed by atoms with Gasteiger partial charge in [-0.05, 0) is 50.8 Å². The first-order valence-corrected chi connectivity index (χ1v) is 12.8. The van der Waals surface area contributed by atoms with Crippen LogP contribution >= 0.6 is 0 Å². The van der Waals surface area contributed by atoms with Crippen LogP contribution < -0.4 is 10.6 Å². The second-order valence-corrected chi connectivity index (χ2v) is 12.2. The molecule has 2 N–H and O–H groups in total. The third-order valence-corrected chi connectivity index (χ3v) is 9.28. The first kappa shape index (κ1) is 23.1. The Bertz CT molecular complexity index is 1290. The highest BCUT2D eigenvalue weighted by Crippen LogP contribution is 2.55. The Kier molecular flexibility index (Phi) is 4.86. The monoisotopic (exact) mass is 494 g/mol. The Balaban J connectivity index is 1.78. The highest BCUT2D eigenvalue weighted by atomic mass is 32.2. The van der Waals surface area contributed by atoms with Crippen molar-refractivity contribution in [3.8, 4) is 0 Å². The molecule has 0 spiro atoms. The van der Waals surface area contributed by atoms with Crippen molar-refractivity contribution in [1.82, 2.24) is 10.6 Å². The van der Waals surface area contributed by atoms with Crippen molar-refractivity contribution in [2.45, 2.75) is 79.8 Å². The molecule has 0 bridgehead atoms. The van der Waals surface area contributed by atoms with E-state index in [1.807, 2.05) is 13.8 Å². The Morgan fingerprint density at radius 2 is 1.91 bits per heavy atom. The zero-order chi connectivity index (χ0) is 24.7. The molecule has 3 heterocycles. The normalized spacial score (nSPS) is 28.4. The van der Waals surface area contributed by atoms with Gasteiger partial charge in [-0.3, -0.25) is 4.79 Å². The SMILES string of the molecule is CCC1(c2cccc(S(=O)(=O)C3CC3)c2)C2=C(CC(C)(C)NC2=O)NC2=C1C(C(F)(F)F)N=N2. The molecule has 1 aliphatic carbocycles. The average Bonchev–Trinajstić information content (AvgIpc) is 3.51. The van der Waals surface area contributed by atoms with Gasteiger partial charge in [0.05, 0.1) is 21.1 Å². The molecule has 1 saturated carbocycles. The molecule has 3 aliphatic heterocycles. The number of carbonyl (C=O) groups excluding carboxylic acids is 1. The van der Waals surface area contributed by atoms with E-state index in [1.165, 1.54) is 18.2 Å². The minimum Gasteiger partial charge on any atom is -0.347 e. The van der Waals surface area contributed by atoms with Gasteiger partial charge in [-0.15, -0.1) is 5.11 Å². The molecule has 182 valence electrons. The summed E-state index contributed by atoms with van der Waals surface area (Å²) in [7, 11) is -3.60. The van der Waals surface area contributed by atoms with Gasteiger partial charge < -0.3 is 10.6 Å². The number of nitrogens with one attached hydrogen (secondary N) is 2. The van der Waals surface area contributed by atoms with E-state index in [2.05, 4.69) is 20.9 Å². The third-order valence-electron chi connectivity index (χ3n) is 7.02. The van der Waals surface area contributed by atoms with Crippen LogP contribution in [0.4, 0.5) is 13.2 Å². The van der Waals surface area contributed by atoms with Crippen molar-refractivity contribution in [1.29, 1.82) is 0 Å². The fourth-order valence-electron chi connectivity index (χ4n) is 5.41. The van der Waals surface area contributed by atoms with Crippen LogP contribution in [0.3, 0.4) is 0 Å². The summed E-state index contributed by atoms with van der Waals surface area (Å²) in [6, 6.07) is 3.77. The van der Waals surface area contributed by atoms with E-state index in [0.29, 0.717) is 30.5 Å². The lowest BCUT2D eigenvalue weighted by Gasteiger charge is -2.47. The van der Waals surface area contributed by atoms with Gasteiger partial charge in [-0.1, -0.05) is 19.1 Å². The highest BCUT2D eigenvalue weighted by molar-refractivity contribution is 7.92. The number of halogens is 3. The number of alkyl halides is 3. The second kappa shape index (κ2) is 7.16. The Hall–Kier alpha value is -2.69. The van der Waals surface area contributed by atoms with E-state index in [0.717, 1.165) is 0 Å². The lowest BCUT2D eigenvalue weighted by molar-refractivity contribution is -0.141. The predicted octanol–water partition coefficient (Wildman–Crippen LogP) is 4.03. The molecule has 1 aromatic rings. The average molecular weight is 495 g/mol. The van der Waals surface area contributed by atoms with Gasteiger partial charge in [0.1, 0.15) is 0 Å². The molecule has 1 amide bonds. The summed E-state index contributed by atoms with van der Waals surface area (Å²) in [5, 5.41) is 12.8. The third kappa shape index (κ3) is 3.30. The molecular formula is C23H25F3N4O3S. The molecule has 1 fully saturated rings. The van der Waals surface area contributed by atoms with Crippen molar-refractivity contribution in [3.63, 3.8) is 0 Å². The maximum absolute atomic E-state index is 14.1. The zero-order valence-corrected chi connectivity index (χ0v) is 19.8. The summed E-state index contributed by atoms with van der Waals surface area (Å²) in [6.45, 7) is 5.35. The maximum atomic E-state index is 14.1. The highest BCUT2D eigenvalue weighted by Gasteiger charge is 2.59. The molecule has 1 aromatic carbocycles. The topological polar surface area (TPSA) is 100.0 Å². The van der Waals surface area contributed by atoms with E-state index < -0.39 is 44.2 Å². The van der Waals surface area contributed by atoms with E-state index in [-0.39, 0.29) is 28.3 Å². The first-order chi connectivity index (χ1) is 15.8. The summed E-state index contributed by atoms with van der Waals surface area (Å²) >= 11 is 0. The summed E-state index contributed by atoms with van der Waals surface area (Å²) in [5.74, 6) is -0.515. The first-order valence-electron chi connectivity index (χ1n) is 11.2. The molecule has 34 heavy (non-hydrogen) atoms. The van der Waals surface area contributed by atoms with Crippen LogP contribution in [0.25, 0.3) is 0 Å². The van der Waals surface area contributed by atoms with Crippen LogP contribution in [0.5, 0.6) is 0 Å². The van der Waals surface area contributed by atoms with Crippen molar-refractivity contribution >= 4 is 15.7 Å². The lowest BCUT2D eigenvalue weighted by atomic mass is 9.61. The fraction of sp³-hybridized carbons (Fsp3) is 0.522. The number of benzene rings is 1. The molecule has 0 aromatic heterocycles. The number of hydrogen-bond acceptors (Lipinski definition) is 6. The number of sulfone groups is 1. The maximum Gasteiger partial charge on any atom is 0.416 e. The van der Waals surface area contributed by atoms with E-state index in [9.17, 15) is 26.4 Å². The Labute approximate surface area is 195 Å². The van der Waals surface area contributed by atoms with Gasteiger partial charge in [0.25, 0.3) is 5.91 Å². The molecule has 7 nitrogen and oxygen atoms in total. The van der Waals surface area contributed by atoms with Crippen molar-refractivity contribution in [3.05, 3.63) is 52.5 Å². The minimum absolute atomic E-state index is 0.0242. The smallest absolute Gasteiger partial charge is 0.347 e.